The molecule has 0 bridgehead atoms. The first-order valence-electron chi connectivity index (χ1n) is 3.32. The lowest BCUT2D eigenvalue weighted by molar-refractivity contribution is 0.376. The van der Waals surface area contributed by atoms with Gasteiger partial charge in [0.1, 0.15) is 14.1 Å². The molecule has 0 aliphatic heterocycles. The van der Waals surface area contributed by atoms with Gasteiger partial charge in [0.05, 0.1) is 0 Å². The summed E-state index contributed by atoms with van der Waals surface area (Å²) < 4.78 is 98.0. The summed E-state index contributed by atoms with van der Waals surface area (Å²) in [5.74, 6) is 0. The highest BCUT2D eigenvalue weighted by atomic mass is 27.2. The van der Waals surface area contributed by atoms with E-state index in [4.69, 9.17) is 0 Å². The molecule has 0 N–H and O–H groups in total. The molecule has 0 atom stereocenters. The Balaban J connectivity index is 5.71. The smallest absolute Gasteiger partial charge is 0.225 e. The van der Waals surface area contributed by atoms with Gasteiger partial charge in [0.25, 0.3) is 18.2 Å². The molecule has 90 valence electrons. The molecule has 0 rings (SSSR count). The highest BCUT2D eigenvalue weighted by Gasteiger charge is 2.44. The third kappa shape index (κ3) is 3.61. The van der Waals surface area contributed by atoms with Crippen LogP contribution in [-0.2, 0) is 0 Å². The Bertz CT molecular complexity index is 299. The van der Waals surface area contributed by atoms with Gasteiger partial charge < -0.3 is 0 Å². The molecule has 0 nitrogen and oxygen atoms in total. The Morgan fingerprint density at radius 1 is 0.438 bits per heavy atom. The molecular formula is C6AlF9. The van der Waals surface area contributed by atoms with Crippen LogP contribution in [0, 0.1) is 0 Å². The van der Waals surface area contributed by atoms with Gasteiger partial charge in [-0.1, -0.05) is 0 Å². The maximum atomic E-state index is 12.4. The Kier molecular flexibility index (Phi) is 5.68. The van der Waals surface area contributed by atoms with Crippen LogP contribution in [0.3, 0.4) is 0 Å². The van der Waals surface area contributed by atoms with E-state index < -0.39 is 46.5 Å². The standard InChI is InChI=1S/3C2F3.Al/c3*3-1-2(4)5;. The van der Waals surface area contributed by atoms with E-state index in [1.807, 2.05) is 0 Å². The zero-order chi connectivity index (χ0) is 13.0. The summed E-state index contributed by atoms with van der Waals surface area (Å²) in [4.78, 5) is 0. The topological polar surface area (TPSA) is 0 Å². The molecule has 0 saturated carbocycles. The predicted molar refractivity (Wildman–Crippen MR) is 36.8 cm³/mol. The molecular weight excluding hydrogens is 270 g/mol. The normalized spacial score (nSPS) is 9.56. The van der Waals surface area contributed by atoms with Crippen molar-refractivity contribution < 1.29 is 39.5 Å². The van der Waals surface area contributed by atoms with Gasteiger partial charge in [-0.3, -0.25) is 0 Å². The SMILES string of the molecule is FC(F)=[C](F)[Al]([C](F)=C(F)F)[C](F)=C(F)F. The summed E-state index contributed by atoms with van der Waals surface area (Å²) in [6.07, 6.45) is -9.95. The lowest BCUT2D eigenvalue weighted by Crippen LogP contribution is -2.19. The summed E-state index contributed by atoms with van der Waals surface area (Å²) in [7, 11) is 0. The van der Waals surface area contributed by atoms with E-state index in [1.54, 1.807) is 0 Å². The van der Waals surface area contributed by atoms with Gasteiger partial charge in [-0.2, -0.15) is 26.3 Å². The molecule has 0 aromatic rings. The van der Waals surface area contributed by atoms with Crippen molar-refractivity contribution in [3.8, 4) is 0 Å². The fourth-order valence-electron chi connectivity index (χ4n) is 0.661. The van der Waals surface area contributed by atoms with Crippen LogP contribution in [0.5, 0.6) is 0 Å². The van der Waals surface area contributed by atoms with Crippen LogP contribution in [0.15, 0.2) is 32.3 Å². The average molecular weight is 270 g/mol. The fraction of sp³-hybridized carbons (Fsp3) is 0. The molecule has 0 aliphatic carbocycles. The molecule has 0 radical (unpaired) electrons. The molecule has 16 heavy (non-hydrogen) atoms. The summed E-state index contributed by atoms with van der Waals surface area (Å²) in [5, 5.41) is 0. The van der Waals surface area contributed by atoms with Gasteiger partial charge in [0, 0.05) is 0 Å². The van der Waals surface area contributed by atoms with E-state index in [1.165, 1.54) is 0 Å². The highest BCUT2D eigenvalue weighted by Crippen LogP contribution is 2.30. The Morgan fingerprint density at radius 3 is 0.750 bits per heavy atom. The summed E-state index contributed by atoms with van der Waals surface area (Å²) in [6, 6.07) is 0. The highest BCUT2D eigenvalue weighted by molar-refractivity contribution is 6.78. The molecule has 0 fully saturated rings. The van der Waals surface area contributed by atoms with Crippen molar-refractivity contribution in [3.05, 3.63) is 32.3 Å². The van der Waals surface area contributed by atoms with Gasteiger partial charge in [-0.05, 0) is 0 Å². The molecule has 0 saturated heterocycles. The van der Waals surface area contributed by atoms with Gasteiger partial charge in [-0.15, -0.1) is 0 Å². The Labute approximate surface area is 86.7 Å². The van der Waals surface area contributed by atoms with Crippen molar-refractivity contribution in [2.75, 3.05) is 0 Å². The molecule has 0 aromatic carbocycles. The predicted octanol–water partition coefficient (Wildman–Crippen LogP) is 4.33. The Hall–Kier alpha value is -0.878. The van der Waals surface area contributed by atoms with Crippen molar-refractivity contribution in [2.24, 2.45) is 0 Å². The van der Waals surface area contributed by atoms with E-state index in [-0.39, 0.29) is 0 Å². The molecule has 0 aromatic heterocycles. The first kappa shape index (κ1) is 15.1. The quantitative estimate of drug-likeness (QED) is 0.529. The molecule has 0 amide bonds. The lowest BCUT2D eigenvalue weighted by atomic mass is 11.0. The molecule has 0 spiro atoms. The maximum absolute atomic E-state index is 12.4. The van der Waals surface area contributed by atoms with Crippen molar-refractivity contribution in [3.63, 3.8) is 0 Å². The third-order valence-corrected chi connectivity index (χ3v) is 3.48. The molecule has 0 unspecified atom stereocenters. The second kappa shape index (κ2) is 6.01. The van der Waals surface area contributed by atoms with Crippen LogP contribution in [0.1, 0.15) is 0 Å². The second-order valence-electron chi connectivity index (χ2n) is 2.26. The van der Waals surface area contributed by atoms with E-state index in [0.717, 1.165) is 0 Å². The van der Waals surface area contributed by atoms with Crippen LogP contribution >= 0.6 is 0 Å². The van der Waals surface area contributed by atoms with Crippen molar-refractivity contribution in [1.29, 1.82) is 0 Å². The van der Waals surface area contributed by atoms with Gasteiger partial charge in [-0.25, -0.2) is 13.2 Å². The van der Waals surface area contributed by atoms with Crippen LogP contribution in [0.4, 0.5) is 39.5 Å². The van der Waals surface area contributed by atoms with E-state index in [2.05, 4.69) is 0 Å². The lowest BCUT2D eigenvalue weighted by Gasteiger charge is -2.02. The third-order valence-electron chi connectivity index (χ3n) is 1.30. The number of hydrogen-bond acceptors (Lipinski definition) is 0. The van der Waals surface area contributed by atoms with Crippen molar-refractivity contribution >= 4 is 14.1 Å². The number of halogens is 9. The minimum absolute atomic E-state index is 2.91. The van der Waals surface area contributed by atoms with Crippen LogP contribution in [0.2, 0.25) is 0 Å². The molecule has 0 heterocycles. The zero-order valence-electron chi connectivity index (χ0n) is 6.98. The van der Waals surface area contributed by atoms with Gasteiger partial charge in [0.2, 0.25) is 0 Å². The maximum Gasteiger partial charge on any atom is 0.540 e. The monoisotopic (exact) mass is 270 g/mol. The summed E-state index contributed by atoms with van der Waals surface area (Å²) in [5.41, 5.74) is 0. The largest absolute Gasteiger partial charge is 0.540 e. The first-order chi connectivity index (χ1) is 7.20. The minimum atomic E-state index is -5.30. The molecule has 0 aliphatic rings. The minimum Gasteiger partial charge on any atom is -0.225 e. The van der Waals surface area contributed by atoms with Crippen LogP contribution < -0.4 is 0 Å². The zero-order valence-corrected chi connectivity index (χ0v) is 8.13. The van der Waals surface area contributed by atoms with Crippen molar-refractivity contribution in [2.45, 2.75) is 0 Å². The van der Waals surface area contributed by atoms with E-state index >= 15 is 0 Å². The van der Waals surface area contributed by atoms with Crippen LogP contribution in [0.25, 0.3) is 0 Å². The van der Waals surface area contributed by atoms with Gasteiger partial charge in [0.15, 0.2) is 0 Å². The van der Waals surface area contributed by atoms with Gasteiger partial charge >= 0.3 is 14.1 Å². The van der Waals surface area contributed by atoms with E-state index in [0.29, 0.717) is 0 Å². The fourth-order valence-corrected chi connectivity index (χ4v) is 1.98. The molecule has 10 heteroatoms. The van der Waals surface area contributed by atoms with Crippen molar-refractivity contribution in [1.82, 2.24) is 0 Å². The summed E-state index contributed by atoms with van der Waals surface area (Å²) >= 11 is -5.30. The summed E-state index contributed by atoms with van der Waals surface area (Å²) in [6.45, 7) is 0. The number of rotatable bonds is 3. The van der Waals surface area contributed by atoms with Crippen LogP contribution in [-0.4, -0.2) is 14.1 Å². The van der Waals surface area contributed by atoms with E-state index in [9.17, 15) is 39.5 Å². The first-order valence-corrected chi connectivity index (χ1v) is 5.05. The Morgan fingerprint density at radius 2 is 0.625 bits per heavy atom. The number of hydrogen-bond donors (Lipinski definition) is 0. The second-order valence-corrected chi connectivity index (χ2v) is 4.64. The average Bonchev–Trinajstić information content (AvgIpc) is 2.16.